The number of likely N-dealkylation sites (tertiary alicyclic amines) is 1. The van der Waals surface area contributed by atoms with Crippen molar-refractivity contribution in [2.24, 2.45) is 5.92 Å². The van der Waals surface area contributed by atoms with Gasteiger partial charge in [-0.2, -0.15) is 0 Å². The number of fused-ring (bicyclic) bond motifs is 1. The van der Waals surface area contributed by atoms with Crippen molar-refractivity contribution in [2.75, 3.05) is 13.1 Å². The molecular weight excluding hydrogens is 499 g/mol. The molecule has 0 amide bonds. The molecule has 6 rings (SSSR count). The smallest absolute Gasteiger partial charge is 0.160 e. The molecule has 200 valence electrons. The zero-order valence-corrected chi connectivity index (χ0v) is 22.7. The van der Waals surface area contributed by atoms with Crippen molar-refractivity contribution in [3.8, 4) is 16.9 Å². The van der Waals surface area contributed by atoms with E-state index >= 15 is 0 Å². The minimum Gasteiger partial charge on any atom is -0.487 e. The van der Waals surface area contributed by atoms with E-state index in [0.29, 0.717) is 11.7 Å². The third-order valence-electron chi connectivity index (χ3n) is 8.66. The zero-order chi connectivity index (χ0) is 26.3. The highest BCUT2D eigenvalue weighted by molar-refractivity contribution is 7.89. The lowest BCUT2D eigenvalue weighted by molar-refractivity contribution is -0.0249. The van der Waals surface area contributed by atoms with E-state index in [-0.39, 0.29) is 17.1 Å². The van der Waals surface area contributed by atoms with Crippen LogP contribution in [0.25, 0.3) is 11.1 Å². The number of halogens is 1. The van der Waals surface area contributed by atoms with Crippen molar-refractivity contribution < 1.29 is 17.5 Å². The molecular formula is C31H35FN2O3S. The van der Waals surface area contributed by atoms with Crippen LogP contribution in [0.5, 0.6) is 5.75 Å². The van der Waals surface area contributed by atoms with Gasteiger partial charge in [-0.15, -0.1) is 0 Å². The Hall–Kier alpha value is -2.77. The highest BCUT2D eigenvalue weighted by Crippen LogP contribution is 2.43. The van der Waals surface area contributed by atoms with Crippen LogP contribution in [0, 0.1) is 11.7 Å². The Bertz CT molecular complexity index is 1390. The predicted molar refractivity (Wildman–Crippen MR) is 147 cm³/mol. The number of ether oxygens (including phenoxy) is 1. The predicted octanol–water partition coefficient (Wildman–Crippen LogP) is 5.96. The maximum atomic E-state index is 13.1. The molecule has 3 aromatic rings. The van der Waals surface area contributed by atoms with Crippen LogP contribution in [-0.4, -0.2) is 43.0 Å². The molecule has 1 saturated carbocycles. The second-order valence-electron chi connectivity index (χ2n) is 11.4. The van der Waals surface area contributed by atoms with Crippen LogP contribution in [0.3, 0.4) is 0 Å². The van der Waals surface area contributed by atoms with Gasteiger partial charge < -0.3 is 9.64 Å². The molecule has 1 spiro atoms. The Kier molecular flexibility index (Phi) is 6.77. The summed E-state index contributed by atoms with van der Waals surface area (Å²) in [6.45, 7) is 4.66. The SMILES string of the molecule is CC(C1CC1)N1CCC2(CCc3cc(-c4ccc(CS(=O)(=O)Cc5ccc(F)cn5)cc4)ccc3O2)CC1. The average molecular weight is 535 g/mol. The van der Waals surface area contributed by atoms with Gasteiger partial charge >= 0.3 is 0 Å². The molecule has 1 aromatic heterocycles. The highest BCUT2D eigenvalue weighted by atomic mass is 32.2. The normalized spacial score (nSPS) is 20.1. The molecule has 1 atom stereocenters. The van der Waals surface area contributed by atoms with Gasteiger partial charge in [-0.25, -0.2) is 12.8 Å². The largest absolute Gasteiger partial charge is 0.487 e. The molecule has 1 aliphatic carbocycles. The van der Waals surface area contributed by atoms with Crippen LogP contribution < -0.4 is 4.74 Å². The second-order valence-corrected chi connectivity index (χ2v) is 13.5. The Morgan fingerprint density at radius 2 is 1.74 bits per heavy atom. The first-order valence-electron chi connectivity index (χ1n) is 13.7. The van der Waals surface area contributed by atoms with Gasteiger partial charge in [0.25, 0.3) is 0 Å². The lowest BCUT2D eigenvalue weighted by Crippen LogP contribution is -2.52. The fourth-order valence-corrected chi connectivity index (χ4v) is 7.51. The molecule has 1 unspecified atom stereocenters. The van der Waals surface area contributed by atoms with E-state index in [1.54, 1.807) is 0 Å². The number of piperidine rings is 1. The van der Waals surface area contributed by atoms with Gasteiger partial charge in [0, 0.05) is 19.1 Å². The topological polar surface area (TPSA) is 59.5 Å². The van der Waals surface area contributed by atoms with E-state index in [2.05, 4.69) is 35.0 Å². The third kappa shape index (κ3) is 5.64. The first-order valence-corrected chi connectivity index (χ1v) is 15.6. The van der Waals surface area contributed by atoms with Crippen LogP contribution in [0.2, 0.25) is 0 Å². The minimum atomic E-state index is -3.42. The number of sulfone groups is 1. The van der Waals surface area contributed by atoms with Gasteiger partial charge in [0.1, 0.15) is 17.2 Å². The Morgan fingerprint density at radius 3 is 2.42 bits per heavy atom. The van der Waals surface area contributed by atoms with E-state index < -0.39 is 15.7 Å². The molecule has 1 saturated heterocycles. The van der Waals surface area contributed by atoms with Gasteiger partial charge in [-0.1, -0.05) is 30.3 Å². The summed E-state index contributed by atoms with van der Waals surface area (Å²) in [6, 6.07) is 17.5. The molecule has 0 bridgehead atoms. The summed E-state index contributed by atoms with van der Waals surface area (Å²) in [7, 11) is -3.42. The van der Waals surface area contributed by atoms with Crippen molar-refractivity contribution in [2.45, 2.75) is 68.6 Å². The van der Waals surface area contributed by atoms with Crippen LogP contribution in [0.4, 0.5) is 4.39 Å². The van der Waals surface area contributed by atoms with E-state index in [4.69, 9.17) is 4.74 Å². The van der Waals surface area contributed by atoms with E-state index in [1.807, 2.05) is 24.3 Å². The molecule has 2 aliphatic heterocycles. The molecule has 2 fully saturated rings. The number of hydrogen-bond donors (Lipinski definition) is 0. The molecule has 38 heavy (non-hydrogen) atoms. The van der Waals surface area contributed by atoms with Gasteiger partial charge in [-0.3, -0.25) is 4.98 Å². The fourth-order valence-electron chi connectivity index (χ4n) is 6.08. The zero-order valence-electron chi connectivity index (χ0n) is 21.9. The van der Waals surface area contributed by atoms with Crippen molar-refractivity contribution in [1.29, 1.82) is 0 Å². The molecule has 3 heterocycles. The number of benzene rings is 2. The third-order valence-corrected chi connectivity index (χ3v) is 10.2. The lowest BCUT2D eigenvalue weighted by Gasteiger charge is -2.46. The number of aryl methyl sites for hydroxylation is 1. The standard InChI is InChI=1S/C31H35FN2O3S/c1-22(24-6-7-24)34-16-14-31(15-17-34)13-12-27-18-26(8-11-30(27)37-31)25-4-2-23(3-5-25)20-38(35,36)21-29-10-9-28(32)19-33-29/h2-5,8-11,18-19,22,24H,6-7,12-17,20-21H2,1H3. The quantitative estimate of drug-likeness (QED) is 0.374. The van der Waals surface area contributed by atoms with E-state index in [0.717, 1.165) is 73.3 Å². The fraction of sp³-hybridized carbons (Fsp3) is 0.452. The molecule has 3 aliphatic rings. The number of pyridine rings is 1. The lowest BCUT2D eigenvalue weighted by atomic mass is 9.82. The summed E-state index contributed by atoms with van der Waals surface area (Å²) in [4.78, 5) is 6.54. The number of nitrogens with zero attached hydrogens (tertiary/aromatic N) is 2. The van der Waals surface area contributed by atoms with Gasteiger partial charge in [-0.05, 0) is 97.9 Å². The summed E-state index contributed by atoms with van der Waals surface area (Å²) in [6.07, 6.45) is 8.13. The summed E-state index contributed by atoms with van der Waals surface area (Å²) in [5, 5.41) is 0. The number of hydrogen-bond acceptors (Lipinski definition) is 5. The van der Waals surface area contributed by atoms with Crippen LogP contribution in [0.15, 0.2) is 60.8 Å². The maximum Gasteiger partial charge on any atom is 0.160 e. The summed E-state index contributed by atoms with van der Waals surface area (Å²) < 4.78 is 45.0. The molecule has 5 nitrogen and oxygen atoms in total. The highest BCUT2D eigenvalue weighted by Gasteiger charge is 2.42. The van der Waals surface area contributed by atoms with Gasteiger partial charge in [0.15, 0.2) is 9.84 Å². The van der Waals surface area contributed by atoms with Crippen LogP contribution >= 0.6 is 0 Å². The van der Waals surface area contributed by atoms with Gasteiger partial charge in [0.2, 0.25) is 0 Å². The summed E-state index contributed by atoms with van der Waals surface area (Å²) in [5.74, 6) is 1.16. The molecule has 0 N–H and O–H groups in total. The Morgan fingerprint density at radius 1 is 1.00 bits per heavy atom. The Balaban J connectivity index is 1.09. The molecule has 0 radical (unpaired) electrons. The molecule has 2 aromatic carbocycles. The van der Waals surface area contributed by atoms with E-state index in [9.17, 15) is 12.8 Å². The Labute approximate surface area is 225 Å². The number of aromatic nitrogens is 1. The van der Waals surface area contributed by atoms with Crippen molar-refractivity contribution in [3.05, 3.63) is 83.4 Å². The summed E-state index contributed by atoms with van der Waals surface area (Å²) >= 11 is 0. The van der Waals surface area contributed by atoms with Crippen LogP contribution in [-0.2, 0) is 27.8 Å². The maximum absolute atomic E-state index is 13.1. The van der Waals surface area contributed by atoms with Crippen LogP contribution in [0.1, 0.15) is 55.8 Å². The first-order chi connectivity index (χ1) is 18.3. The van der Waals surface area contributed by atoms with Crippen molar-refractivity contribution in [3.63, 3.8) is 0 Å². The minimum absolute atomic E-state index is 0.0230. The van der Waals surface area contributed by atoms with E-state index in [1.165, 1.54) is 30.5 Å². The first kappa shape index (κ1) is 25.5. The molecule has 7 heteroatoms. The van der Waals surface area contributed by atoms with Crippen molar-refractivity contribution in [1.82, 2.24) is 9.88 Å². The van der Waals surface area contributed by atoms with Crippen molar-refractivity contribution >= 4 is 9.84 Å². The van der Waals surface area contributed by atoms with Gasteiger partial charge in [0.05, 0.1) is 23.4 Å². The second kappa shape index (κ2) is 10.1. The summed E-state index contributed by atoms with van der Waals surface area (Å²) in [5.41, 5.74) is 4.46. The monoisotopic (exact) mass is 534 g/mol. The number of rotatable bonds is 7. The average Bonchev–Trinajstić information content (AvgIpc) is 3.76.